The number of nitrogens with zero attached hydrogens (tertiary/aromatic N) is 4. The highest BCUT2D eigenvalue weighted by molar-refractivity contribution is 5.63. The van der Waals surface area contributed by atoms with Crippen molar-refractivity contribution in [3.8, 4) is 11.8 Å². The summed E-state index contributed by atoms with van der Waals surface area (Å²) in [4.78, 5) is 20.6. The van der Waals surface area contributed by atoms with E-state index < -0.39 is 6.16 Å². The molecule has 1 aromatic carbocycles. The van der Waals surface area contributed by atoms with Gasteiger partial charge in [-0.3, -0.25) is 0 Å². The first-order valence-corrected chi connectivity index (χ1v) is 12.2. The Morgan fingerprint density at radius 3 is 2.80 bits per heavy atom. The fourth-order valence-corrected chi connectivity index (χ4v) is 4.32. The number of ether oxygens (including phenoxy) is 2. The molecule has 0 amide bonds. The Balaban J connectivity index is 1.68. The number of rotatable bonds is 9. The molecule has 0 aliphatic carbocycles. The van der Waals surface area contributed by atoms with Crippen LogP contribution in [-0.4, -0.2) is 50.0 Å². The average molecular weight is 483 g/mol. The average Bonchev–Trinajstić information content (AvgIpc) is 3.23. The van der Waals surface area contributed by atoms with Crippen LogP contribution in [0.3, 0.4) is 0 Å². The summed E-state index contributed by atoms with van der Waals surface area (Å²) in [5.74, 6) is 1.40. The summed E-state index contributed by atoms with van der Waals surface area (Å²) in [5, 5.41) is 20.4. The SMILES string of the molecule is CC(C)Cc1cccc(OC(=O)O)c1CNc1nc(O[C@@H]2CCCNC2)nc2c(C(C)C)cnn12. The Kier molecular flexibility index (Phi) is 7.70. The Morgan fingerprint density at radius 1 is 1.29 bits per heavy atom. The van der Waals surface area contributed by atoms with E-state index in [-0.39, 0.29) is 12.0 Å². The number of aromatic nitrogens is 4. The van der Waals surface area contributed by atoms with E-state index in [4.69, 9.17) is 9.47 Å². The van der Waals surface area contributed by atoms with Crippen molar-refractivity contribution in [1.29, 1.82) is 0 Å². The Hall–Kier alpha value is -3.40. The second kappa shape index (κ2) is 10.9. The minimum absolute atomic E-state index is 0.00630. The third kappa shape index (κ3) is 6.00. The second-order valence-corrected chi connectivity index (χ2v) is 9.62. The lowest BCUT2D eigenvalue weighted by Gasteiger charge is -2.23. The van der Waals surface area contributed by atoms with E-state index in [2.05, 4.69) is 53.4 Å². The van der Waals surface area contributed by atoms with Gasteiger partial charge in [0.15, 0.2) is 5.65 Å². The number of fused-ring (bicyclic) bond motifs is 1. The van der Waals surface area contributed by atoms with Crippen LogP contribution in [0, 0.1) is 5.92 Å². The van der Waals surface area contributed by atoms with Gasteiger partial charge in [-0.25, -0.2) is 4.79 Å². The Morgan fingerprint density at radius 2 is 2.11 bits per heavy atom. The highest BCUT2D eigenvalue weighted by Gasteiger charge is 2.21. The van der Waals surface area contributed by atoms with Gasteiger partial charge in [-0.05, 0) is 49.3 Å². The number of nitrogens with one attached hydrogen (secondary N) is 2. The molecule has 10 heteroatoms. The van der Waals surface area contributed by atoms with Gasteiger partial charge in [0.25, 0.3) is 0 Å². The van der Waals surface area contributed by atoms with Gasteiger partial charge in [0.2, 0.25) is 5.95 Å². The molecule has 188 valence electrons. The quantitative estimate of drug-likeness (QED) is 0.303. The van der Waals surface area contributed by atoms with Gasteiger partial charge in [-0.1, -0.05) is 39.8 Å². The first-order valence-electron chi connectivity index (χ1n) is 12.2. The van der Waals surface area contributed by atoms with Gasteiger partial charge in [0.05, 0.1) is 6.20 Å². The predicted molar refractivity (Wildman–Crippen MR) is 132 cm³/mol. The molecule has 35 heavy (non-hydrogen) atoms. The van der Waals surface area contributed by atoms with E-state index in [1.807, 2.05) is 12.1 Å². The maximum absolute atomic E-state index is 11.3. The molecule has 4 rings (SSSR count). The van der Waals surface area contributed by atoms with Crippen LogP contribution in [0.4, 0.5) is 10.7 Å². The topological polar surface area (TPSA) is 123 Å². The number of anilines is 1. The minimum atomic E-state index is -1.34. The van der Waals surface area contributed by atoms with Crippen molar-refractivity contribution in [3.05, 3.63) is 41.1 Å². The largest absolute Gasteiger partial charge is 0.511 e. The molecule has 1 saturated heterocycles. The lowest BCUT2D eigenvalue weighted by atomic mass is 9.97. The molecule has 0 spiro atoms. The molecule has 1 aliphatic rings. The molecule has 1 aliphatic heterocycles. The van der Waals surface area contributed by atoms with Crippen molar-refractivity contribution in [1.82, 2.24) is 24.9 Å². The van der Waals surface area contributed by atoms with Crippen LogP contribution in [0.1, 0.15) is 63.1 Å². The number of hydrogen-bond donors (Lipinski definition) is 3. The third-order valence-electron chi connectivity index (χ3n) is 6.00. The van der Waals surface area contributed by atoms with Gasteiger partial charge in [-0.2, -0.15) is 19.6 Å². The molecule has 2 aromatic heterocycles. The van der Waals surface area contributed by atoms with Gasteiger partial charge in [-0.15, -0.1) is 0 Å². The summed E-state index contributed by atoms with van der Waals surface area (Å²) in [5.41, 5.74) is 3.47. The normalized spacial score (nSPS) is 16.1. The smallest absolute Gasteiger partial charge is 0.459 e. The maximum Gasteiger partial charge on any atom is 0.511 e. The van der Waals surface area contributed by atoms with Crippen LogP contribution in [0.25, 0.3) is 5.65 Å². The predicted octanol–water partition coefficient (Wildman–Crippen LogP) is 4.25. The van der Waals surface area contributed by atoms with E-state index >= 15 is 0 Å². The summed E-state index contributed by atoms with van der Waals surface area (Å²) >= 11 is 0. The van der Waals surface area contributed by atoms with Crippen molar-refractivity contribution in [2.75, 3.05) is 18.4 Å². The van der Waals surface area contributed by atoms with Gasteiger partial charge < -0.3 is 25.2 Å². The van der Waals surface area contributed by atoms with E-state index in [0.717, 1.165) is 49.0 Å². The van der Waals surface area contributed by atoms with Crippen LogP contribution in [0.15, 0.2) is 24.4 Å². The van der Waals surface area contributed by atoms with E-state index in [1.54, 1.807) is 16.8 Å². The van der Waals surface area contributed by atoms with Crippen molar-refractivity contribution >= 4 is 17.8 Å². The fraction of sp³-hybridized carbons (Fsp3) is 0.520. The maximum atomic E-state index is 11.3. The summed E-state index contributed by atoms with van der Waals surface area (Å²) in [7, 11) is 0. The van der Waals surface area contributed by atoms with E-state index in [1.165, 1.54) is 0 Å². The standard InChI is InChI=1S/C25H34N6O4/c1-15(2)11-17-7-5-9-21(35-25(32)33)20(17)13-27-23-30-24(34-18-8-6-10-26-12-18)29-22-19(16(3)4)14-28-31(22)23/h5,7,9,14-16,18,26H,6,8,10-13H2,1-4H3,(H,32,33)(H,27,29,30)/t18-/m1/s1. The number of carboxylic acid groups (broad SMARTS) is 1. The molecule has 3 aromatic rings. The molecule has 0 unspecified atom stereocenters. The molecule has 0 bridgehead atoms. The zero-order chi connectivity index (χ0) is 24.9. The van der Waals surface area contributed by atoms with Crippen LogP contribution in [-0.2, 0) is 13.0 Å². The lowest BCUT2D eigenvalue weighted by molar-refractivity contribution is 0.144. The van der Waals surface area contributed by atoms with Crippen LogP contribution >= 0.6 is 0 Å². The number of carbonyl (C=O) groups is 1. The van der Waals surface area contributed by atoms with Crippen LogP contribution < -0.4 is 20.1 Å². The number of piperidine rings is 1. The molecule has 3 heterocycles. The van der Waals surface area contributed by atoms with Gasteiger partial charge in [0.1, 0.15) is 11.9 Å². The molecule has 0 radical (unpaired) electrons. The zero-order valence-corrected chi connectivity index (χ0v) is 20.7. The van der Waals surface area contributed by atoms with E-state index in [9.17, 15) is 9.90 Å². The first kappa shape index (κ1) is 24.7. The summed E-state index contributed by atoms with van der Waals surface area (Å²) in [6.07, 6.45) is 3.24. The highest BCUT2D eigenvalue weighted by atomic mass is 16.7. The van der Waals surface area contributed by atoms with Crippen LogP contribution in [0.2, 0.25) is 0 Å². The molecule has 3 N–H and O–H groups in total. The van der Waals surface area contributed by atoms with Gasteiger partial charge in [0, 0.05) is 24.2 Å². The third-order valence-corrected chi connectivity index (χ3v) is 6.00. The minimum Gasteiger partial charge on any atom is -0.459 e. The molecular weight excluding hydrogens is 448 g/mol. The first-order chi connectivity index (χ1) is 16.8. The number of hydrogen-bond acceptors (Lipinski definition) is 8. The number of benzene rings is 1. The van der Waals surface area contributed by atoms with Crippen molar-refractivity contribution in [3.63, 3.8) is 0 Å². The van der Waals surface area contributed by atoms with E-state index in [0.29, 0.717) is 35.8 Å². The fourth-order valence-electron chi connectivity index (χ4n) is 4.32. The summed E-state index contributed by atoms with van der Waals surface area (Å²) in [6.45, 7) is 10.5. The van der Waals surface area contributed by atoms with Gasteiger partial charge >= 0.3 is 12.2 Å². The monoisotopic (exact) mass is 482 g/mol. The molecule has 1 atom stereocenters. The van der Waals surface area contributed by atoms with Crippen molar-refractivity contribution < 1.29 is 19.4 Å². The summed E-state index contributed by atoms with van der Waals surface area (Å²) in [6, 6.07) is 5.78. The summed E-state index contributed by atoms with van der Waals surface area (Å²) < 4.78 is 12.9. The lowest BCUT2D eigenvalue weighted by Crippen LogP contribution is -2.37. The van der Waals surface area contributed by atoms with Crippen LogP contribution in [0.5, 0.6) is 11.8 Å². The highest BCUT2D eigenvalue weighted by Crippen LogP contribution is 2.28. The zero-order valence-electron chi connectivity index (χ0n) is 20.7. The molecular formula is C25H34N6O4. The van der Waals surface area contributed by atoms with Crippen molar-refractivity contribution in [2.24, 2.45) is 5.92 Å². The Labute approximate surface area is 205 Å². The van der Waals surface area contributed by atoms with Crippen molar-refractivity contribution in [2.45, 2.75) is 65.5 Å². The molecule has 0 saturated carbocycles. The second-order valence-electron chi connectivity index (χ2n) is 9.62. The Bertz CT molecular complexity index is 1170. The molecule has 10 nitrogen and oxygen atoms in total. The molecule has 1 fully saturated rings.